The van der Waals surface area contributed by atoms with E-state index in [1.807, 2.05) is 36.4 Å². The van der Waals surface area contributed by atoms with Crippen LogP contribution in [0.1, 0.15) is 23.6 Å². The first kappa shape index (κ1) is 26.8. The molecule has 0 saturated carbocycles. The first-order valence-corrected chi connectivity index (χ1v) is 11.0. The third-order valence-corrected chi connectivity index (χ3v) is 5.86. The van der Waals surface area contributed by atoms with Gasteiger partial charge in [0.2, 0.25) is 0 Å². The minimum absolute atomic E-state index is 0. The summed E-state index contributed by atoms with van der Waals surface area (Å²) in [5.74, 6) is -0.286. The molecule has 0 fully saturated rings. The van der Waals surface area contributed by atoms with Crippen LogP contribution < -0.4 is 4.90 Å². The van der Waals surface area contributed by atoms with Crippen molar-refractivity contribution in [3.63, 3.8) is 0 Å². The number of anilines is 1. The monoisotopic (exact) mass is 496 g/mol. The summed E-state index contributed by atoms with van der Waals surface area (Å²) in [7, 11) is 2.12. The molecule has 0 bridgehead atoms. The third-order valence-electron chi connectivity index (χ3n) is 5.86. The summed E-state index contributed by atoms with van der Waals surface area (Å²) in [5.41, 5.74) is 6.12. The fraction of sp³-hybridized carbons (Fsp3) is 0.172. The molecule has 3 aromatic rings. The summed E-state index contributed by atoms with van der Waals surface area (Å²) >= 11 is 0. The molecular formula is C29H31CoN3O. The van der Waals surface area contributed by atoms with Gasteiger partial charge < -0.3 is 15.4 Å². The molecule has 1 aliphatic heterocycles. The van der Waals surface area contributed by atoms with Crippen molar-refractivity contribution in [2.75, 3.05) is 11.9 Å². The van der Waals surface area contributed by atoms with Gasteiger partial charge in [-0.15, -0.1) is 0 Å². The minimum Gasteiger partial charge on any atom is -0.497 e. The summed E-state index contributed by atoms with van der Waals surface area (Å²) in [6, 6.07) is 28.7. The van der Waals surface area contributed by atoms with Crippen LogP contribution in [0, 0.1) is 10.8 Å². The zero-order chi connectivity index (χ0) is 23.7. The molecule has 0 amide bonds. The van der Waals surface area contributed by atoms with Crippen molar-refractivity contribution in [3.8, 4) is 0 Å². The quantitative estimate of drug-likeness (QED) is 0.270. The SMILES string of the molecule is CN1/C(=C\C=C\C=N)C(C)(Cc2ccccc2)c2ccccc21.N=C(O)Cc1ccccc1.[Co]. The van der Waals surface area contributed by atoms with Crippen molar-refractivity contribution >= 4 is 17.8 Å². The standard InChI is InChI=1S/C21H22N2.C8H9NO.Co/c1-21(16-17-10-4-3-5-11-17)18-12-6-7-13-19(18)23(2)20(21)14-8-9-15-22;9-8(10)6-7-4-2-1-3-5-7;/h3-15,22H,16H2,1-2H3;1-5H,6H2,(H2,9,10);/b9-8+,20-14-,22-15?;;. The van der Waals surface area contributed by atoms with E-state index < -0.39 is 0 Å². The van der Waals surface area contributed by atoms with Gasteiger partial charge in [-0.1, -0.05) is 84.9 Å². The zero-order valence-corrected chi connectivity index (χ0v) is 20.6. The fourth-order valence-electron chi connectivity index (χ4n) is 4.35. The van der Waals surface area contributed by atoms with Crippen molar-refractivity contribution in [3.05, 3.63) is 126 Å². The van der Waals surface area contributed by atoms with Crippen molar-refractivity contribution in [2.24, 2.45) is 0 Å². The van der Waals surface area contributed by atoms with Crippen LogP contribution in [0.2, 0.25) is 0 Å². The Morgan fingerprint density at radius 1 is 0.882 bits per heavy atom. The third kappa shape index (κ3) is 6.56. The number of likely N-dealkylation sites (N-methyl/N-ethyl adjacent to an activating group) is 1. The van der Waals surface area contributed by atoms with E-state index in [0.717, 1.165) is 12.0 Å². The van der Waals surface area contributed by atoms with Gasteiger partial charge in [0.05, 0.1) is 0 Å². The number of benzene rings is 3. The van der Waals surface area contributed by atoms with E-state index in [-0.39, 0.29) is 28.1 Å². The van der Waals surface area contributed by atoms with Crippen LogP contribution >= 0.6 is 0 Å². The first-order chi connectivity index (χ1) is 16.0. The van der Waals surface area contributed by atoms with Crippen LogP contribution in [0.3, 0.4) is 0 Å². The molecule has 0 spiro atoms. The van der Waals surface area contributed by atoms with Gasteiger partial charge in [0.15, 0.2) is 5.90 Å². The van der Waals surface area contributed by atoms with Crippen molar-refractivity contribution in [2.45, 2.75) is 25.2 Å². The summed E-state index contributed by atoms with van der Waals surface area (Å²) < 4.78 is 0. The van der Waals surface area contributed by atoms with E-state index in [2.05, 4.69) is 79.5 Å². The molecule has 3 N–H and O–H groups in total. The van der Waals surface area contributed by atoms with Gasteiger partial charge in [-0.05, 0) is 48.3 Å². The summed E-state index contributed by atoms with van der Waals surface area (Å²) in [6.45, 7) is 2.31. The van der Waals surface area contributed by atoms with E-state index >= 15 is 0 Å². The molecule has 5 heteroatoms. The fourth-order valence-corrected chi connectivity index (χ4v) is 4.35. The molecule has 177 valence electrons. The Balaban J connectivity index is 0.000000314. The summed E-state index contributed by atoms with van der Waals surface area (Å²) in [5, 5.41) is 22.6. The molecule has 1 radical (unpaired) electrons. The molecule has 34 heavy (non-hydrogen) atoms. The maximum absolute atomic E-state index is 8.59. The zero-order valence-electron chi connectivity index (χ0n) is 19.5. The number of aliphatic hydroxyl groups is 1. The van der Waals surface area contributed by atoms with Crippen molar-refractivity contribution < 1.29 is 21.9 Å². The Morgan fingerprint density at radius 2 is 1.44 bits per heavy atom. The molecule has 0 aliphatic carbocycles. The normalized spacial score (nSPS) is 17.5. The Hall–Kier alpha value is -3.41. The van der Waals surface area contributed by atoms with Gasteiger partial charge in [0.1, 0.15) is 0 Å². The Morgan fingerprint density at radius 3 is 2.03 bits per heavy atom. The Kier molecular flexibility index (Phi) is 10.0. The minimum atomic E-state index is -0.286. The average Bonchev–Trinajstić information content (AvgIpc) is 3.02. The van der Waals surface area contributed by atoms with Gasteiger partial charge in [-0.3, -0.25) is 5.41 Å². The van der Waals surface area contributed by atoms with Crippen LogP contribution in [0.5, 0.6) is 0 Å². The average molecular weight is 497 g/mol. The van der Waals surface area contributed by atoms with Gasteiger partial charge in [0.25, 0.3) is 0 Å². The van der Waals surface area contributed by atoms with Gasteiger partial charge in [-0.25, -0.2) is 0 Å². The number of rotatable bonds is 6. The number of hydrogen-bond acceptors (Lipinski definition) is 3. The van der Waals surface area contributed by atoms with Gasteiger partial charge >= 0.3 is 0 Å². The molecule has 4 nitrogen and oxygen atoms in total. The van der Waals surface area contributed by atoms with Crippen LogP contribution in [-0.4, -0.2) is 24.3 Å². The topological polar surface area (TPSA) is 71.2 Å². The van der Waals surface area contributed by atoms with Crippen LogP contribution in [0.15, 0.2) is 109 Å². The molecule has 4 rings (SSSR count). The van der Waals surface area contributed by atoms with E-state index in [4.69, 9.17) is 15.9 Å². The molecular weight excluding hydrogens is 465 g/mol. The van der Waals surface area contributed by atoms with Crippen molar-refractivity contribution in [1.29, 1.82) is 10.8 Å². The van der Waals surface area contributed by atoms with Gasteiger partial charge in [0, 0.05) is 53.3 Å². The van der Waals surface area contributed by atoms with E-state index in [9.17, 15) is 0 Å². The predicted octanol–water partition coefficient (Wildman–Crippen LogP) is 6.49. The largest absolute Gasteiger partial charge is 0.497 e. The predicted molar refractivity (Wildman–Crippen MR) is 139 cm³/mol. The Labute approximate surface area is 212 Å². The Bertz CT molecular complexity index is 1140. The summed E-state index contributed by atoms with van der Waals surface area (Å²) in [6.07, 6.45) is 8.45. The number of para-hydroxylation sites is 1. The molecule has 3 aromatic carbocycles. The molecule has 0 aromatic heterocycles. The molecule has 1 heterocycles. The maximum atomic E-state index is 8.59. The molecule has 0 saturated heterocycles. The van der Waals surface area contributed by atoms with Crippen LogP contribution in [0.25, 0.3) is 0 Å². The maximum Gasteiger partial charge on any atom is 0.182 e. The van der Waals surface area contributed by atoms with Gasteiger partial charge in [-0.2, -0.15) is 0 Å². The van der Waals surface area contributed by atoms with Crippen molar-refractivity contribution in [1.82, 2.24) is 0 Å². The van der Waals surface area contributed by atoms with E-state index in [0.29, 0.717) is 6.42 Å². The number of fused-ring (bicyclic) bond motifs is 1. The summed E-state index contributed by atoms with van der Waals surface area (Å²) in [4.78, 5) is 2.27. The smallest absolute Gasteiger partial charge is 0.182 e. The number of allylic oxidation sites excluding steroid dienone is 4. The number of nitrogens with zero attached hydrogens (tertiary/aromatic N) is 1. The number of nitrogens with one attached hydrogen (secondary N) is 2. The first-order valence-electron chi connectivity index (χ1n) is 11.0. The van der Waals surface area contributed by atoms with Crippen LogP contribution in [-0.2, 0) is 35.0 Å². The number of aliphatic hydroxyl groups excluding tert-OH is 1. The molecule has 1 aliphatic rings. The van der Waals surface area contributed by atoms with E-state index in [1.165, 1.54) is 28.7 Å². The molecule has 1 atom stereocenters. The second-order valence-corrected chi connectivity index (χ2v) is 8.28. The van der Waals surface area contributed by atoms with E-state index in [1.54, 1.807) is 6.08 Å². The van der Waals surface area contributed by atoms with Crippen LogP contribution in [0.4, 0.5) is 5.69 Å². The second kappa shape index (κ2) is 12.7. The molecule has 1 unspecified atom stereocenters. The number of hydrogen-bond donors (Lipinski definition) is 3. The second-order valence-electron chi connectivity index (χ2n) is 8.28.